The Bertz CT molecular complexity index is 391. The number of sulfone groups is 1. The van der Waals surface area contributed by atoms with Crippen molar-refractivity contribution >= 4 is 25.8 Å². The van der Waals surface area contributed by atoms with Gasteiger partial charge >= 0.3 is 0 Å². The summed E-state index contributed by atoms with van der Waals surface area (Å²) >= 11 is 3.19. The molecule has 0 fully saturated rings. The minimum atomic E-state index is -3.26. The molecule has 3 nitrogen and oxygen atoms in total. The third-order valence-electron chi connectivity index (χ3n) is 1.96. The molecule has 1 atom stereocenters. The predicted octanol–water partition coefficient (Wildman–Crippen LogP) is 1.79. The van der Waals surface area contributed by atoms with Gasteiger partial charge in [0.2, 0.25) is 0 Å². The summed E-state index contributed by atoms with van der Waals surface area (Å²) in [7, 11) is -3.26. The number of hydrogen-bond donors (Lipinski definition) is 1. The Morgan fingerprint density at radius 1 is 1.33 bits per heavy atom. The highest BCUT2D eigenvalue weighted by molar-refractivity contribution is 9.11. The van der Waals surface area contributed by atoms with Crippen LogP contribution in [0.5, 0.6) is 0 Å². The van der Waals surface area contributed by atoms with Crippen molar-refractivity contribution in [2.45, 2.75) is 16.0 Å². The SMILES string of the molecule is CCNCC(Br)S(=O)(=O)c1ccccc1. The second kappa shape index (κ2) is 5.63. The lowest BCUT2D eigenvalue weighted by Crippen LogP contribution is -2.28. The third-order valence-corrected chi connectivity index (χ3v) is 5.53. The van der Waals surface area contributed by atoms with Crippen molar-refractivity contribution in [2.24, 2.45) is 0 Å². The Hall–Kier alpha value is -0.390. The van der Waals surface area contributed by atoms with Crippen molar-refractivity contribution in [1.29, 1.82) is 0 Å². The van der Waals surface area contributed by atoms with E-state index in [1.807, 2.05) is 6.92 Å². The average Bonchev–Trinajstić information content (AvgIpc) is 2.27. The zero-order valence-electron chi connectivity index (χ0n) is 8.48. The molecular formula is C10H14BrNO2S. The maximum atomic E-state index is 12.0. The van der Waals surface area contributed by atoms with Gasteiger partial charge in [-0.15, -0.1) is 0 Å². The molecule has 0 bridgehead atoms. The molecule has 0 aliphatic carbocycles. The van der Waals surface area contributed by atoms with Crippen LogP contribution in [0.15, 0.2) is 35.2 Å². The number of benzene rings is 1. The van der Waals surface area contributed by atoms with Crippen molar-refractivity contribution in [3.05, 3.63) is 30.3 Å². The van der Waals surface area contributed by atoms with Crippen molar-refractivity contribution in [2.75, 3.05) is 13.1 Å². The Morgan fingerprint density at radius 3 is 2.47 bits per heavy atom. The van der Waals surface area contributed by atoms with E-state index < -0.39 is 14.0 Å². The molecule has 1 unspecified atom stereocenters. The van der Waals surface area contributed by atoms with Gasteiger partial charge in [-0.1, -0.05) is 41.1 Å². The normalized spacial score (nSPS) is 13.7. The van der Waals surface area contributed by atoms with Gasteiger partial charge < -0.3 is 5.32 Å². The summed E-state index contributed by atoms with van der Waals surface area (Å²) < 4.78 is 23.3. The molecule has 1 N–H and O–H groups in total. The molecule has 1 rings (SSSR count). The maximum absolute atomic E-state index is 12.0. The number of nitrogens with one attached hydrogen (secondary N) is 1. The number of hydrogen-bond acceptors (Lipinski definition) is 3. The molecule has 0 spiro atoms. The van der Waals surface area contributed by atoms with Gasteiger partial charge in [-0.25, -0.2) is 8.42 Å². The predicted molar refractivity (Wildman–Crippen MR) is 64.9 cm³/mol. The van der Waals surface area contributed by atoms with Gasteiger partial charge in [0.15, 0.2) is 9.84 Å². The van der Waals surface area contributed by atoms with Crippen LogP contribution < -0.4 is 5.32 Å². The summed E-state index contributed by atoms with van der Waals surface area (Å²) in [6.07, 6.45) is 0. The van der Waals surface area contributed by atoms with Crippen molar-refractivity contribution in [3.63, 3.8) is 0 Å². The molecule has 15 heavy (non-hydrogen) atoms. The molecule has 0 aliphatic heterocycles. The Kier molecular flexibility index (Phi) is 4.76. The number of alkyl halides is 1. The number of halogens is 1. The van der Waals surface area contributed by atoms with Crippen LogP contribution in [0, 0.1) is 0 Å². The molecule has 0 heterocycles. The van der Waals surface area contributed by atoms with Crippen LogP contribution in [-0.4, -0.2) is 25.7 Å². The minimum absolute atomic E-state index is 0.352. The zero-order valence-corrected chi connectivity index (χ0v) is 10.9. The van der Waals surface area contributed by atoms with Crippen LogP contribution in [0.25, 0.3) is 0 Å². The molecule has 0 aliphatic rings. The van der Waals surface area contributed by atoms with E-state index in [-0.39, 0.29) is 0 Å². The Morgan fingerprint density at radius 2 is 1.93 bits per heavy atom. The summed E-state index contributed by atoms with van der Waals surface area (Å²) in [5.74, 6) is 0. The molecule has 0 saturated heterocycles. The summed E-state index contributed by atoms with van der Waals surface area (Å²) in [6.45, 7) is 3.11. The van der Waals surface area contributed by atoms with Crippen LogP contribution in [0.1, 0.15) is 6.92 Å². The van der Waals surface area contributed by atoms with Gasteiger partial charge in [0.25, 0.3) is 0 Å². The molecular weight excluding hydrogens is 278 g/mol. The van der Waals surface area contributed by atoms with Crippen LogP contribution in [0.4, 0.5) is 0 Å². The monoisotopic (exact) mass is 291 g/mol. The van der Waals surface area contributed by atoms with Gasteiger partial charge in [0.05, 0.1) is 4.90 Å². The summed E-state index contributed by atoms with van der Waals surface area (Å²) in [4.78, 5) is 0.352. The molecule has 5 heteroatoms. The van der Waals surface area contributed by atoms with Crippen molar-refractivity contribution in [3.8, 4) is 0 Å². The van der Waals surface area contributed by atoms with E-state index in [9.17, 15) is 8.42 Å². The first-order valence-electron chi connectivity index (χ1n) is 4.72. The van der Waals surface area contributed by atoms with Crippen molar-refractivity contribution in [1.82, 2.24) is 5.32 Å². The van der Waals surface area contributed by atoms with Crippen LogP contribution >= 0.6 is 15.9 Å². The molecule has 0 aromatic heterocycles. The topological polar surface area (TPSA) is 46.2 Å². The lowest BCUT2D eigenvalue weighted by atomic mass is 10.4. The lowest BCUT2D eigenvalue weighted by molar-refractivity contribution is 0.589. The van der Waals surface area contributed by atoms with E-state index in [1.54, 1.807) is 30.3 Å². The molecule has 0 radical (unpaired) electrons. The van der Waals surface area contributed by atoms with E-state index in [1.165, 1.54) is 0 Å². The van der Waals surface area contributed by atoms with E-state index >= 15 is 0 Å². The van der Waals surface area contributed by atoms with Gasteiger partial charge in [-0.3, -0.25) is 0 Å². The molecule has 84 valence electrons. The fourth-order valence-electron chi connectivity index (χ4n) is 1.13. The quantitative estimate of drug-likeness (QED) is 0.842. The first kappa shape index (κ1) is 12.7. The van der Waals surface area contributed by atoms with E-state index in [0.29, 0.717) is 11.4 Å². The minimum Gasteiger partial charge on any atom is -0.315 e. The summed E-state index contributed by atoms with van der Waals surface area (Å²) in [5.41, 5.74) is 0. The second-order valence-electron chi connectivity index (χ2n) is 3.08. The summed E-state index contributed by atoms with van der Waals surface area (Å²) in [5, 5.41) is 3.00. The number of rotatable bonds is 5. The fourth-order valence-corrected chi connectivity index (χ4v) is 3.17. The highest BCUT2D eigenvalue weighted by Crippen LogP contribution is 2.19. The van der Waals surface area contributed by atoms with E-state index in [2.05, 4.69) is 21.2 Å². The Labute approximate surface area is 98.9 Å². The highest BCUT2D eigenvalue weighted by atomic mass is 79.9. The first-order valence-corrected chi connectivity index (χ1v) is 7.19. The second-order valence-corrected chi connectivity index (χ2v) is 6.92. The highest BCUT2D eigenvalue weighted by Gasteiger charge is 2.23. The van der Waals surface area contributed by atoms with E-state index in [0.717, 1.165) is 6.54 Å². The molecule has 0 amide bonds. The third kappa shape index (κ3) is 3.29. The molecule has 0 saturated carbocycles. The largest absolute Gasteiger partial charge is 0.315 e. The van der Waals surface area contributed by atoms with Crippen LogP contribution in [-0.2, 0) is 9.84 Å². The van der Waals surface area contributed by atoms with Gasteiger partial charge in [-0.05, 0) is 18.7 Å². The smallest absolute Gasteiger partial charge is 0.192 e. The maximum Gasteiger partial charge on any atom is 0.192 e. The van der Waals surface area contributed by atoms with Gasteiger partial charge in [0.1, 0.15) is 4.16 Å². The fraction of sp³-hybridized carbons (Fsp3) is 0.400. The lowest BCUT2D eigenvalue weighted by Gasteiger charge is -2.11. The molecule has 1 aromatic carbocycles. The van der Waals surface area contributed by atoms with Gasteiger partial charge in [0, 0.05) is 6.54 Å². The Balaban J connectivity index is 2.84. The zero-order chi connectivity index (χ0) is 11.3. The van der Waals surface area contributed by atoms with Crippen LogP contribution in [0.2, 0.25) is 0 Å². The van der Waals surface area contributed by atoms with E-state index in [4.69, 9.17) is 0 Å². The standard InChI is InChI=1S/C10H14BrNO2S/c1-2-12-8-10(11)15(13,14)9-6-4-3-5-7-9/h3-7,10,12H,2,8H2,1H3. The first-order chi connectivity index (χ1) is 7.09. The van der Waals surface area contributed by atoms with Crippen LogP contribution in [0.3, 0.4) is 0 Å². The van der Waals surface area contributed by atoms with Gasteiger partial charge in [-0.2, -0.15) is 0 Å². The van der Waals surface area contributed by atoms with Crippen molar-refractivity contribution < 1.29 is 8.42 Å². The summed E-state index contributed by atoms with van der Waals surface area (Å²) in [6, 6.07) is 8.46. The molecule has 1 aromatic rings. The average molecular weight is 292 g/mol.